The molecule has 1 rings (SSSR count). The van der Waals surface area contributed by atoms with Crippen LogP contribution in [0.5, 0.6) is 0 Å². The van der Waals surface area contributed by atoms with Gasteiger partial charge in [0.25, 0.3) is 0 Å². The van der Waals surface area contributed by atoms with Crippen molar-refractivity contribution in [3.63, 3.8) is 0 Å². The van der Waals surface area contributed by atoms with E-state index < -0.39 is 0 Å². The predicted octanol–water partition coefficient (Wildman–Crippen LogP) is 2.38. The summed E-state index contributed by atoms with van der Waals surface area (Å²) in [6, 6.07) is 9.13. The summed E-state index contributed by atoms with van der Waals surface area (Å²) >= 11 is 0. The van der Waals surface area contributed by atoms with E-state index in [-0.39, 0.29) is 0 Å². The highest BCUT2D eigenvalue weighted by Gasteiger charge is 2.02. The molecule has 0 radical (unpaired) electrons. The van der Waals surface area contributed by atoms with Gasteiger partial charge in [0.2, 0.25) is 0 Å². The monoisotopic (exact) mass is 206 g/mol. The zero-order chi connectivity index (χ0) is 11.1. The molecule has 0 fully saturated rings. The molecule has 0 heterocycles. The summed E-state index contributed by atoms with van der Waals surface area (Å²) in [4.78, 5) is 0. The van der Waals surface area contributed by atoms with Gasteiger partial charge in [-0.05, 0) is 45.3 Å². The van der Waals surface area contributed by atoms with Gasteiger partial charge in [0.1, 0.15) is 0 Å². The molecule has 3 N–H and O–H groups in total. The van der Waals surface area contributed by atoms with E-state index in [1.54, 1.807) is 0 Å². The van der Waals surface area contributed by atoms with E-state index in [2.05, 4.69) is 43.4 Å². The maximum atomic E-state index is 5.45. The summed E-state index contributed by atoms with van der Waals surface area (Å²) in [5.74, 6) is 0. The Hall–Kier alpha value is -0.860. The van der Waals surface area contributed by atoms with Crippen molar-refractivity contribution in [3.8, 4) is 0 Å². The van der Waals surface area contributed by atoms with Crippen molar-refractivity contribution in [1.29, 1.82) is 0 Å². The quantitative estimate of drug-likeness (QED) is 0.701. The van der Waals surface area contributed by atoms with Crippen LogP contribution in [0.15, 0.2) is 24.3 Å². The van der Waals surface area contributed by atoms with Gasteiger partial charge < -0.3 is 11.1 Å². The van der Waals surface area contributed by atoms with E-state index in [1.165, 1.54) is 11.1 Å². The van der Waals surface area contributed by atoms with Crippen LogP contribution in [-0.4, -0.2) is 13.1 Å². The lowest BCUT2D eigenvalue weighted by Gasteiger charge is -2.14. The highest BCUT2D eigenvalue weighted by Crippen LogP contribution is 2.12. The van der Waals surface area contributed by atoms with Crippen LogP contribution in [0.2, 0.25) is 0 Å². The van der Waals surface area contributed by atoms with Crippen molar-refractivity contribution in [2.45, 2.75) is 32.7 Å². The normalized spacial score (nSPS) is 12.7. The van der Waals surface area contributed by atoms with Gasteiger partial charge in [-0.25, -0.2) is 0 Å². The average molecular weight is 206 g/mol. The number of nitrogens with one attached hydrogen (secondary N) is 1. The molecule has 15 heavy (non-hydrogen) atoms. The Bertz CT molecular complexity index is 266. The fourth-order valence-electron chi connectivity index (χ4n) is 1.56. The Morgan fingerprint density at radius 2 is 1.87 bits per heavy atom. The molecule has 0 saturated carbocycles. The van der Waals surface area contributed by atoms with E-state index >= 15 is 0 Å². The zero-order valence-corrected chi connectivity index (χ0v) is 9.79. The minimum Gasteiger partial charge on any atom is -0.330 e. The summed E-state index contributed by atoms with van der Waals surface area (Å²) in [7, 11) is 0. The van der Waals surface area contributed by atoms with Crippen LogP contribution in [-0.2, 0) is 0 Å². The Balaban J connectivity index is 2.33. The third kappa shape index (κ3) is 4.45. The highest BCUT2D eigenvalue weighted by atomic mass is 14.9. The molecular formula is C13H22N2. The van der Waals surface area contributed by atoms with Crippen LogP contribution in [0.1, 0.15) is 36.9 Å². The molecule has 0 saturated heterocycles. The van der Waals surface area contributed by atoms with E-state index in [9.17, 15) is 0 Å². The molecule has 0 bridgehead atoms. The minimum absolute atomic E-state index is 0.434. The Morgan fingerprint density at radius 1 is 1.20 bits per heavy atom. The fraction of sp³-hybridized carbons (Fsp3) is 0.538. The van der Waals surface area contributed by atoms with Crippen molar-refractivity contribution < 1.29 is 0 Å². The van der Waals surface area contributed by atoms with Gasteiger partial charge in [0, 0.05) is 6.04 Å². The lowest BCUT2D eigenvalue weighted by Crippen LogP contribution is -2.20. The van der Waals surface area contributed by atoms with E-state index in [0.29, 0.717) is 6.04 Å². The molecular weight excluding hydrogens is 184 g/mol. The molecule has 0 aliphatic carbocycles. The second kappa shape index (κ2) is 6.59. The standard InChI is InChI=1S/C13H22N2/c1-11-5-7-13(8-6-11)12(2)15-10-4-3-9-14/h5-8,12,15H,3-4,9-10,14H2,1-2H3. The molecule has 0 aliphatic heterocycles. The fourth-order valence-corrected chi connectivity index (χ4v) is 1.56. The van der Waals surface area contributed by atoms with Gasteiger partial charge in [0.05, 0.1) is 0 Å². The summed E-state index contributed by atoms with van der Waals surface area (Å²) < 4.78 is 0. The van der Waals surface area contributed by atoms with E-state index in [4.69, 9.17) is 5.73 Å². The van der Waals surface area contributed by atoms with Crippen LogP contribution in [0, 0.1) is 6.92 Å². The number of hydrogen-bond acceptors (Lipinski definition) is 2. The van der Waals surface area contributed by atoms with Crippen molar-refractivity contribution in [3.05, 3.63) is 35.4 Å². The van der Waals surface area contributed by atoms with Crippen molar-refractivity contribution in [1.82, 2.24) is 5.32 Å². The van der Waals surface area contributed by atoms with E-state index in [1.807, 2.05) is 0 Å². The van der Waals surface area contributed by atoms with Gasteiger partial charge in [-0.15, -0.1) is 0 Å². The van der Waals surface area contributed by atoms with Crippen molar-refractivity contribution in [2.24, 2.45) is 5.73 Å². The number of nitrogens with two attached hydrogens (primary N) is 1. The average Bonchev–Trinajstić information content (AvgIpc) is 2.25. The summed E-state index contributed by atoms with van der Waals surface area (Å²) in [5.41, 5.74) is 8.11. The first kappa shape index (κ1) is 12.2. The number of unbranched alkanes of at least 4 members (excludes halogenated alkanes) is 1. The third-order valence-corrected chi connectivity index (χ3v) is 2.66. The second-order valence-electron chi connectivity index (χ2n) is 4.08. The molecule has 0 aromatic heterocycles. The Kier molecular flexibility index (Phi) is 5.37. The number of hydrogen-bond donors (Lipinski definition) is 2. The summed E-state index contributed by atoms with van der Waals surface area (Å²) in [6.07, 6.45) is 2.26. The van der Waals surface area contributed by atoms with Crippen molar-refractivity contribution in [2.75, 3.05) is 13.1 Å². The summed E-state index contributed by atoms with van der Waals surface area (Å²) in [6.45, 7) is 6.16. The van der Waals surface area contributed by atoms with Crippen LogP contribution >= 0.6 is 0 Å². The largest absolute Gasteiger partial charge is 0.330 e. The maximum Gasteiger partial charge on any atom is 0.0291 e. The van der Waals surface area contributed by atoms with Gasteiger partial charge in [-0.2, -0.15) is 0 Å². The lowest BCUT2D eigenvalue weighted by molar-refractivity contribution is 0.549. The predicted molar refractivity (Wildman–Crippen MR) is 65.9 cm³/mol. The minimum atomic E-state index is 0.434. The van der Waals surface area contributed by atoms with Gasteiger partial charge in [-0.3, -0.25) is 0 Å². The van der Waals surface area contributed by atoms with Crippen LogP contribution < -0.4 is 11.1 Å². The molecule has 2 nitrogen and oxygen atoms in total. The summed E-state index contributed by atoms with van der Waals surface area (Å²) in [5, 5.41) is 3.50. The SMILES string of the molecule is Cc1ccc(C(C)NCCCCN)cc1. The molecule has 84 valence electrons. The molecule has 2 heteroatoms. The van der Waals surface area contributed by atoms with Gasteiger partial charge in [0.15, 0.2) is 0 Å². The Labute approximate surface area is 92.9 Å². The molecule has 0 spiro atoms. The molecule has 0 amide bonds. The number of benzene rings is 1. The molecule has 1 aromatic rings. The first-order valence-electron chi connectivity index (χ1n) is 5.74. The van der Waals surface area contributed by atoms with Crippen molar-refractivity contribution >= 4 is 0 Å². The molecule has 0 aliphatic rings. The lowest BCUT2D eigenvalue weighted by atomic mass is 10.1. The highest BCUT2D eigenvalue weighted by molar-refractivity contribution is 5.23. The van der Waals surface area contributed by atoms with Gasteiger partial charge in [-0.1, -0.05) is 29.8 Å². The van der Waals surface area contributed by atoms with Crippen LogP contribution in [0.4, 0.5) is 0 Å². The number of rotatable bonds is 6. The molecule has 1 aromatic carbocycles. The topological polar surface area (TPSA) is 38.0 Å². The third-order valence-electron chi connectivity index (χ3n) is 2.66. The number of aryl methyl sites for hydroxylation is 1. The van der Waals surface area contributed by atoms with Crippen LogP contribution in [0.25, 0.3) is 0 Å². The molecule has 1 atom stereocenters. The molecule has 1 unspecified atom stereocenters. The second-order valence-corrected chi connectivity index (χ2v) is 4.08. The smallest absolute Gasteiger partial charge is 0.0291 e. The first-order valence-corrected chi connectivity index (χ1v) is 5.74. The first-order chi connectivity index (χ1) is 7.24. The van der Waals surface area contributed by atoms with Crippen LogP contribution in [0.3, 0.4) is 0 Å². The zero-order valence-electron chi connectivity index (χ0n) is 9.79. The van der Waals surface area contributed by atoms with E-state index in [0.717, 1.165) is 25.9 Å². The Morgan fingerprint density at radius 3 is 2.47 bits per heavy atom. The maximum absolute atomic E-state index is 5.45. The van der Waals surface area contributed by atoms with Gasteiger partial charge >= 0.3 is 0 Å².